The van der Waals surface area contributed by atoms with Gasteiger partial charge in [-0.25, -0.2) is 4.98 Å². The minimum absolute atomic E-state index is 0.480. The Hall–Kier alpha value is -0.970. The number of aromatic nitrogens is 2. The highest BCUT2D eigenvalue weighted by Crippen LogP contribution is 2.24. The van der Waals surface area contributed by atoms with Crippen LogP contribution < -0.4 is 0 Å². The molecule has 2 aromatic heterocycles. The summed E-state index contributed by atoms with van der Waals surface area (Å²) in [6.45, 7) is 1.94. The van der Waals surface area contributed by atoms with E-state index in [1.807, 2.05) is 12.3 Å². The molecule has 0 aliphatic heterocycles. The van der Waals surface area contributed by atoms with Gasteiger partial charge in [-0.2, -0.15) is 0 Å². The smallest absolute Gasteiger partial charge is 0.0897 e. The predicted octanol–water partition coefficient (Wildman–Crippen LogP) is 2.78. The fraction of sp³-hybridized carbons (Fsp3) is 0.273. The summed E-state index contributed by atoms with van der Waals surface area (Å²) in [7, 11) is 0. The number of rotatable bonds is 3. The number of hydrogen-bond acceptors (Lipinski definition) is 4. The highest BCUT2D eigenvalue weighted by Gasteiger charge is 2.13. The Labute approximate surface area is 103 Å². The van der Waals surface area contributed by atoms with Crippen LogP contribution >= 0.6 is 22.9 Å². The minimum Gasteiger partial charge on any atom is -0.388 e. The molecule has 1 unspecified atom stereocenters. The summed E-state index contributed by atoms with van der Waals surface area (Å²) < 4.78 is 0. The van der Waals surface area contributed by atoms with Crippen LogP contribution in [0.3, 0.4) is 0 Å². The SMILES string of the molecule is Cc1nc(CC(O)c2ccncc2Cl)cs1. The quantitative estimate of drug-likeness (QED) is 0.916. The predicted molar refractivity (Wildman–Crippen MR) is 64.8 cm³/mol. The Balaban J connectivity index is 2.14. The molecule has 16 heavy (non-hydrogen) atoms. The monoisotopic (exact) mass is 254 g/mol. The van der Waals surface area contributed by atoms with Gasteiger partial charge in [0.1, 0.15) is 0 Å². The molecule has 0 bridgehead atoms. The summed E-state index contributed by atoms with van der Waals surface area (Å²) >= 11 is 7.53. The number of nitrogens with zero attached hydrogens (tertiary/aromatic N) is 2. The third-order valence-corrected chi connectivity index (χ3v) is 3.37. The van der Waals surface area contributed by atoms with E-state index in [-0.39, 0.29) is 0 Å². The molecule has 2 rings (SSSR count). The number of aryl methyl sites for hydroxylation is 1. The molecular formula is C11H11ClN2OS. The summed E-state index contributed by atoms with van der Waals surface area (Å²) in [6.07, 6.45) is 3.01. The third-order valence-electron chi connectivity index (χ3n) is 2.23. The molecule has 5 heteroatoms. The van der Waals surface area contributed by atoms with E-state index < -0.39 is 6.10 Å². The summed E-state index contributed by atoms with van der Waals surface area (Å²) in [5.41, 5.74) is 1.59. The molecule has 0 fully saturated rings. The number of pyridine rings is 1. The third kappa shape index (κ3) is 2.58. The molecule has 1 atom stereocenters. The molecule has 3 nitrogen and oxygen atoms in total. The van der Waals surface area contributed by atoms with Crippen LogP contribution in [0, 0.1) is 6.92 Å². The topological polar surface area (TPSA) is 46.0 Å². The van der Waals surface area contributed by atoms with Gasteiger partial charge in [0.2, 0.25) is 0 Å². The molecular weight excluding hydrogens is 244 g/mol. The second-order valence-electron chi connectivity index (χ2n) is 3.47. The van der Waals surface area contributed by atoms with Gasteiger partial charge in [0.25, 0.3) is 0 Å². The van der Waals surface area contributed by atoms with E-state index in [1.165, 1.54) is 6.20 Å². The lowest BCUT2D eigenvalue weighted by Crippen LogP contribution is -2.03. The first kappa shape index (κ1) is 11.5. The average molecular weight is 255 g/mol. The summed E-state index contributed by atoms with van der Waals surface area (Å²) in [4.78, 5) is 8.19. The molecule has 0 amide bonds. The highest BCUT2D eigenvalue weighted by molar-refractivity contribution is 7.09. The Morgan fingerprint density at radius 1 is 1.56 bits per heavy atom. The van der Waals surface area contributed by atoms with Crippen LogP contribution in [0.15, 0.2) is 23.8 Å². The van der Waals surface area contributed by atoms with Crippen molar-refractivity contribution in [3.63, 3.8) is 0 Å². The molecule has 0 spiro atoms. The van der Waals surface area contributed by atoms with Crippen LogP contribution in [0.25, 0.3) is 0 Å². The van der Waals surface area contributed by atoms with Gasteiger partial charge in [-0.05, 0) is 13.0 Å². The number of aliphatic hydroxyl groups excluding tert-OH is 1. The molecule has 0 saturated carbocycles. The first-order chi connectivity index (χ1) is 7.66. The Kier molecular flexibility index (Phi) is 3.53. The fourth-order valence-corrected chi connectivity index (χ4v) is 2.34. The largest absolute Gasteiger partial charge is 0.388 e. The maximum atomic E-state index is 10.0. The van der Waals surface area contributed by atoms with Crippen molar-refractivity contribution in [1.82, 2.24) is 9.97 Å². The van der Waals surface area contributed by atoms with Crippen LogP contribution in [0.5, 0.6) is 0 Å². The van der Waals surface area contributed by atoms with Crippen molar-refractivity contribution >= 4 is 22.9 Å². The molecule has 0 aliphatic carbocycles. The summed E-state index contributed by atoms with van der Waals surface area (Å²) in [5, 5.41) is 13.5. The van der Waals surface area contributed by atoms with Crippen LogP contribution in [-0.2, 0) is 6.42 Å². The molecule has 2 aromatic rings. The molecule has 0 saturated heterocycles. The Morgan fingerprint density at radius 3 is 3.00 bits per heavy atom. The van der Waals surface area contributed by atoms with E-state index in [0.29, 0.717) is 17.0 Å². The second-order valence-corrected chi connectivity index (χ2v) is 4.94. The van der Waals surface area contributed by atoms with E-state index in [1.54, 1.807) is 23.6 Å². The van der Waals surface area contributed by atoms with Crippen LogP contribution in [-0.4, -0.2) is 15.1 Å². The lowest BCUT2D eigenvalue weighted by Gasteiger charge is -2.10. The van der Waals surface area contributed by atoms with Crippen LogP contribution in [0.1, 0.15) is 22.4 Å². The van der Waals surface area contributed by atoms with Crippen molar-refractivity contribution in [2.45, 2.75) is 19.4 Å². The summed E-state index contributed by atoms with van der Waals surface area (Å²) in [5.74, 6) is 0. The van der Waals surface area contributed by atoms with Gasteiger partial charge < -0.3 is 5.11 Å². The number of aliphatic hydroxyl groups is 1. The van der Waals surface area contributed by atoms with Gasteiger partial charge in [-0.3, -0.25) is 4.98 Å². The average Bonchev–Trinajstić information content (AvgIpc) is 2.64. The first-order valence-corrected chi connectivity index (χ1v) is 6.11. The van der Waals surface area contributed by atoms with Crippen molar-refractivity contribution in [2.75, 3.05) is 0 Å². The normalized spacial score (nSPS) is 12.7. The van der Waals surface area contributed by atoms with Gasteiger partial charge in [0, 0.05) is 29.8 Å². The fourth-order valence-electron chi connectivity index (χ4n) is 1.47. The van der Waals surface area contributed by atoms with Gasteiger partial charge in [0.05, 0.1) is 21.8 Å². The van der Waals surface area contributed by atoms with E-state index in [4.69, 9.17) is 11.6 Å². The van der Waals surface area contributed by atoms with E-state index >= 15 is 0 Å². The zero-order valence-electron chi connectivity index (χ0n) is 8.72. The lowest BCUT2D eigenvalue weighted by molar-refractivity contribution is 0.177. The molecule has 2 heterocycles. The number of halogens is 1. The lowest BCUT2D eigenvalue weighted by atomic mass is 10.1. The van der Waals surface area contributed by atoms with Crippen LogP contribution in [0.4, 0.5) is 0 Å². The Bertz CT molecular complexity index is 486. The zero-order valence-corrected chi connectivity index (χ0v) is 10.3. The standard InChI is InChI=1S/C11H11ClN2OS/c1-7-14-8(6-16-7)4-11(15)9-2-3-13-5-10(9)12/h2-3,5-6,11,15H,4H2,1H3. The van der Waals surface area contributed by atoms with Crippen molar-refractivity contribution in [3.8, 4) is 0 Å². The van der Waals surface area contributed by atoms with Crippen molar-refractivity contribution in [2.24, 2.45) is 0 Å². The maximum absolute atomic E-state index is 10.0. The van der Waals surface area contributed by atoms with Gasteiger partial charge >= 0.3 is 0 Å². The van der Waals surface area contributed by atoms with E-state index in [2.05, 4.69) is 9.97 Å². The number of thiazole rings is 1. The van der Waals surface area contributed by atoms with Crippen molar-refractivity contribution < 1.29 is 5.11 Å². The zero-order chi connectivity index (χ0) is 11.5. The number of hydrogen-bond donors (Lipinski definition) is 1. The Morgan fingerprint density at radius 2 is 2.38 bits per heavy atom. The summed E-state index contributed by atoms with van der Waals surface area (Å²) in [6, 6.07) is 1.73. The highest BCUT2D eigenvalue weighted by atomic mass is 35.5. The minimum atomic E-state index is -0.628. The van der Waals surface area contributed by atoms with Gasteiger partial charge in [-0.15, -0.1) is 11.3 Å². The van der Waals surface area contributed by atoms with Crippen molar-refractivity contribution in [3.05, 3.63) is 45.1 Å². The van der Waals surface area contributed by atoms with Crippen molar-refractivity contribution in [1.29, 1.82) is 0 Å². The molecule has 0 aliphatic rings. The van der Waals surface area contributed by atoms with E-state index in [0.717, 1.165) is 10.7 Å². The molecule has 0 radical (unpaired) electrons. The molecule has 1 N–H and O–H groups in total. The maximum Gasteiger partial charge on any atom is 0.0897 e. The van der Waals surface area contributed by atoms with Gasteiger partial charge in [-0.1, -0.05) is 11.6 Å². The molecule has 84 valence electrons. The molecule has 0 aromatic carbocycles. The van der Waals surface area contributed by atoms with E-state index in [9.17, 15) is 5.11 Å². The first-order valence-electron chi connectivity index (χ1n) is 4.85. The second kappa shape index (κ2) is 4.91. The van der Waals surface area contributed by atoms with Crippen LogP contribution in [0.2, 0.25) is 5.02 Å². The van der Waals surface area contributed by atoms with Gasteiger partial charge in [0.15, 0.2) is 0 Å².